The Hall–Kier alpha value is -1.47. The van der Waals surface area contributed by atoms with Gasteiger partial charge in [0.05, 0.1) is 6.61 Å². The average Bonchev–Trinajstić information content (AvgIpc) is 2.31. The molecule has 5 heteroatoms. The number of ether oxygens (including phenoxy) is 1. The zero-order chi connectivity index (χ0) is 12.0. The Labute approximate surface area is 109 Å². The van der Waals surface area contributed by atoms with Crippen LogP contribution in [0, 0.1) is 5.39 Å². The highest BCUT2D eigenvalue weighted by molar-refractivity contribution is 5.64. The van der Waals surface area contributed by atoms with Crippen LogP contribution in [0.25, 0.3) is 4.98 Å². The monoisotopic (exact) mass is 255 g/mol. The number of rotatable bonds is 5. The van der Waals surface area contributed by atoms with Gasteiger partial charge in [-0.25, -0.2) is 0 Å². The molecule has 0 amide bonds. The second-order valence-corrected chi connectivity index (χ2v) is 3.36. The number of hydrogen-bond acceptors (Lipinski definition) is 3. The number of nitrogens with zero attached hydrogens (tertiary/aromatic N) is 3. The van der Waals surface area contributed by atoms with E-state index >= 15 is 0 Å². The summed E-state index contributed by atoms with van der Waals surface area (Å²) in [6.07, 6.45) is 0. The molecular weight excluding hydrogens is 238 g/mol. The molecule has 1 aromatic carbocycles. The lowest BCUT2D eigenvalue weighted by Crippen LogP contribution is -3.00. The molecule has 0 aromatic heterocycles. The van der Waals surface area contributed by atoms with Crippen LogP contribution in [0.1, 0.15) is 20.8 Å². The van der Waals surface area contributed by atoms with Crippen LogP contribution in [-0.4, -0.2) is 19.7 Å². The van der Waals surface area contributed by atoms with Gasteiger partial charge in [0.15, 0.2) is 4.98 Å². The molecular formula is C12H18ClN3O. The third-order valence-electron chi connectivity index (χ3n) is 2.48. The van der Waals surface area contributed by atoms with E-state index in [2.05, 4.69) is 23.7 Å². The largest absolute Gasteiger partial charge is 1.00 e. The summed E-state index contributed by atoms with van der Waals surface area (Å²) in [4.78, 5) is 5.41. The molecule has 4 nitrogen and oxygen atoms in total. The number of hydrogen-bond donors (Lipinski definition) is 0. The number of halogens is 1. The molecule has 0 bridgehead atoms. The first-order chi connectivity index (χ1) is 7.76. The molecule has 0 aliphatic rings. The van der Waals surface area contributed by atoms with Gasteiger partial charge in [-0.3, -0.25) is 0 Å². The average molecular weight is 256 g/mol. The van der Waals surface area contributed by atoms with E-state index in [1.807, 2.05) is 19.1 Å². The second-order valence-electron chi connectivity index (χ2n) is 3.36. The van der Waals surface area contributed by atoms with Crippen molar-refractivity contribution >= 4 is 11.4 Å². The molecule has 0 radical (unpaired) electrons. The fourth-order valence-corrected chi connectivity index (χ4v) is 1.64. The van der Waals surface area contributed by atoms with Crippen molar-refractivity contribution in [2.75, 3.05) is 24.6 Å². The Morgan fingerprint density at radius 2 is 1.88 bits per heavy atom. The Morgan fingerprint density at radius 3 is 2.35 bits per heavy atom. The van der Waals surface area contributed by atoms with Crippen molar-refractivity contribution in [2.24, 2.45) is 0 Å². The lowest BCUT2D eigenvalue weighted by Gasteiger charge is -2.20. The zero-order valence-corrected chi connectivity index (χ0v) is 11.2. The second kappa shape index (κ2) is 7.75. The SMILES string of the molecule is CCOc1cc(N(CC)CC)ccc1[N+]#N.[Cl-]. The molecule has 0 heterocycles. The molecule has 0 spiro atoms. The minimum Gasteiger partial charge on any atom is -1.00 e. The number of diazo groups is 1. The smallest absolute Gasteiger partial charge is 0.426 e. The normalized spacial score (nSPS) is 9.06. The molecule has 0 aliphatic carbocycles. The summed E-state index contributed by atoms with van der Waals surface area (Å²) >= 11 is 0. The van der Waals surface area contributed by atoms with Gasteiger partial charge in [-0.2, -0.15) is 0 Å². The van der Waals surface area contributed by atoms with E-state index in [1.54, 1.807) is 6.07 Å². The van der Waals surface area contributed by atoms with Gasteiger partial charge >= 0.3 is 5.69 Å². The molecule has 0 aliphatic heterocycles. The predicted octanol–water partition coefficient (Wildman–Crippen LogP) is 0.420. The van der Waals surface area contributed by atoms with Crippen molar-refractivity contribution in [2.45, 2.75) is 20.8 Å². The molecule has 1 aromatic rings. The summed E-state index contributed by atoms with van der Waals surface area (Å²) in [5, 5.41) is 8.82. The van der Waals surface area contributed by atoms with Gasteiger partial charge in [-0.1, -0.05) is 0 Å². The predicted molar refractivity (Wildman–Crippen MR) is 65.9 cm³/mol. The summed E-state index contributed by atoms with van der Waals surface area (Å²) in [5.41, 5.74) is 1.55. The van der Waals surface area contributed by atoms with Gasteiger partial charge in [0.1, 0.15) is 0 Å². The standard InChI is InChI=1S/C12H18N3O.ClH/c1-4-15(5-2)10-7-8-11(14-13)12(9-10)16-6-3;/h7-9H,4-6H2,1-3H3;1H/q+1;/p-1. The fraction of sp³-hybridized carbons (Fsp3) is 0.500. The fourth-order valence-electron chi connectivity index (χ4n) is 1.64. The molecule has 17 heavy (non-hydrogen) atoms. The first-order valence-corrected chi connectivity index (χ1v) is 5.63. The topological polar surface area (TPSA) is 40.6 Å². The van der Waals surface area contributed by atoms with Crippen molar-refractivity contribution in [1.29, 1.82) is 5.39 Å². The van der Waals surface area contributed by atoms with Crippen molar-refractivity contribution in [3.05, 3.63) is 23.2 Å². The van der Waals surface area contributed by atoms with Crippen LogP contribution in [0.3, 0.4) is 0 Å². The van der Waals surface area contributed by atoms with Crippen LogP contribution in [-0.2, 0) is 0 Å². The van der Waals surface area contributed by atoms with Gasteiger partial charge in [0.2, 0.25) is 11.1 Å². The van der Waals surface area contributed by atoms with Gasteiger partial charge < -0.3 is 22.0 Å². The molecule has 94 valence electrons. The van der Waals surface area contributed by atoms with E-state index in [9.17, 15) is 0 Å². The Balaban J connectivity index is 0.00000256. The summed E-state index contributed by atoms with van der Waals surface area (Å²) in [6, 6.07) is 5.61. The molecule has 1 rings (SSSR count). The van der Waals surface area contributed by atoms with Gasteiger partial charge in [0.25, 0.3) is 0 Å². The van der Waals surface area contributed by atoms with E-state index < -0.39 is 0 Å². The zero-order valence-electron chi connectivity index (χ0n) is 10.5. The van der Waals surface area contributed by atoms with Crippen LogP contribution in [0.2, 0.25) is 0 Å². The van der Waals surface area contributed by atoms with Crippen LogP contribution < -0.4 is 22.0 Å². The maximum atomic E-state index is 8.82. The van der Waals surface area contributed by atoms with Crippen molar-refractivity contribution in [1.82, 2.24) is 0 Å². The van der Waals surface area contributed by atoms with Crippen LogP contribution in [0.5, 0.6) is 5.75 Å². The third kappa shape index (κ3) is 3.79. The minimum absolute atomic E-state index is 0. The first-order valence-electron chi connectivity index (χ1n) is 5.63. The lowest BCUT2D eigenvalue weighted by atomic mass is 10.2. The van der Waals surface area contributed by atoms with Crippen LogP contribution in [0.15, 0.2) is 18.2 Å². The lowest BCUT2D eigenvalue weighted by molar-refractivity contribution is -0.00000418. The van der Waals surface area contributed by atoms with Crippen molar-refractivity contribution in [3.8, 4) is 5.75 Å². The highest BCUT2D eigenvalue weighted by atomic mass is 35.5. The van der Waals surface area contributed by atoms with Crippen LogP contribution >= 0.6 is 0 Å². The van der Waals surface area contributed by atoms with E-state index in [0.717, 1.165) is 18.8 Å². The van der Waals surface area contributed by atoms with Crippen molar-refractivity contribution in [3.63, 3.8) is 0 Å². The molecule has 0 atom stereocenters. The summed E-state index contributed by atoms with van der Waals surface area (Å²) in [5.74, 6) is 0.620. The summed E-state index contributed by atoms with van der Waals surface area (Å²) in [6.45, 7) is 8.56. The van der Waals surface area contributed by atoms with Gasteiger partial charge in [-0.15, -0.1) is 0 Å². The van der Waals surface area contributed by atoms with E-state index in [1.165, 1.54) is 0 Å². The highest BCUT2D eigenvalue weighted by Gasteiger charge is 2.16. The summed E-state index contributed by atoms with van der Waals surface area (Å²) in [7, 11) is 0. The molecule has 0 saturated heterocycles. The molecule has 0 unspecified atom stereocenters. The maximum Gasteiger partial charge on any atom is 0.426 e. The van der Waals surface area contributed by atoms with Gasteiger partial charge in [-0.05, 0) is 26.8 Å². The Morgan fingerprint density at radius 1 is 1.24 bits per heavy atom. The van der Waals surface area contributed by atoms with E-state index in [-0.39, 0.29) is 12.4 Å². The first kappa shape index (κ1) is 15.5. The van der Waals surface area contributed by atoms with E-state index in [0.29, 0.717) is 18.0 Å². The number of anilines is 1. The van der Waals surface area contributed by atoms with Gasteiger partial charge in [0, 0.05) is 30.9 Å². The Bertz CT molecular complexity index is 386. The molecule has 0 fully saturated rings. The third-order valence-corrected chi connectivity index (χ3v) is 2.48. The minimum atomic E-state index is 0. The van der Waals surface area contributed by atoms with E-state index in [4.69, 9.17) is 10.1 Å². The molecule has 0 saturated carbocycles. The maximum absolute atomic E-state index is 8.82. The Kier molecular flexibility index (Phi) is 7.08. The quantitative estimate of drug-likeness (QED) is 0.716. The highest BCUT2D eigenvalue weighted by Crippen LogP contribution is 2.32. The number of benzene rings is 1. The summed E-state index contributed by atoms with van der Waals surface area (Å²) < 4.78 is 5.43. The van der Waals surface area contributed by atoms with Crippen LogP contribution in [0.4, 0.5) is 11.4 Å². The molecule has 0 N–H and O–H groups in total. The van der Waals surface area contributed by atoms with Crippen molar-refractivity contribution < 1.29 is 17.1 Å².